The number of methoxy groups -OCH3 is 1. The first-order chi connectivity index (χ1) is 7.54. The van der Waals surface area contributed by atoms with Crippen molar-refractivity contribution < 1.29 is 14.3 Å². The third-order valence-corrected chi connectivity index (χ3v) is 4.22. The van der Waals surface area contributed by atoms with E-state index in [0.717, 1.165) is 8.66 Å². The number of carbonyl (C=O) groups excluding carboxylic acids is 2. The van der Waals surface area contributed by atoms with Gasteiger partial charge in [-0.25, -0.2) is 4.79 Å². The summed E-state index contributed by atoms with van der Waals surface area (Å²) < 4.78 is 5.57. The first-order valence-electron chi connectivity index (χ1n) is 4.71. The van der Waals surface area contributed by atoms with Gasteiger partial charge in [0.1, 0.15) is 6.04 Å². The number of hydrogen-bond acceptors (Lipinski definition) is 4. The molecule has 1 aromatic rings. The summed E-state index contributed by atoms with van der Waals surface area (Å²) in [6.07, 6.45) is 0. The highest BCUT2D eigenvalue weighted by atomic mass is 79.9. The minimum atomic E-state index is -0.532. The van der Waals surface area contributed by atoms with E-state index in [4.69, 9.17) is 0 Å². The lowest BCUT2D eigenvalue weighted by atomic mass is 10.3. The number of carbonyl (C=O) groups is 2. The Morgan fingerprint density at radius 1 is 1.69 bits per heavy atom. The molecule has 1 aliphatic rings. The SMILES string of the molecule is COC(=O)[C@@H](C)N1Cc2sc(Br)cc2C1=O. The molecule has 0 aliphatic carbocycles. The third kappa shape index (κ3) is 1.76. The standard InChI is InChI=1S/C10H10BrNO3S/c1-5(10(14)15-2)12-4-7-6(9(12)13)3-8(11)16-7/h3,5H,4H2,1-2H3/t5-/m1/s1. The quantitative estimate of drug-likeness (QED) is 0.785. The van der Waals surface area contributed by atoms with Gasteiger partial charge >= 0.3 is 5.97 Å². The molecule has 0 N–H and O–H groups in total. The highest BCUT2D eigenvalue weighted by Crippen LogP contribution is 2.34. The van der Waals surface area contributed by atoms with Crippen LogP contribution >= 0.6 is 27.3 Å². The summed E-state index contributed by atoms with van der Waals surface area (Å²) in [5.74, 6) is -0.489. The van der Waals surface area contributed by atoms with Gasteiger partial charge in [-0.15, -0.1) is 11.3 Å². The number of amides is 1. The lowest BCUT2D eigenvalue weighted by molar-refractivity contribution is -0.145. The molecule has 0 saturated carbocycles. The van der Waals surface area contributed by atoms with Crippen LogP contribution in [-0.4, -0.2) is 29.9 Å². The molecular formula is C10H10BrNO3S. The fourth-order valence-corrected chi connectivity index (χ4v) is 3.37. The maximum Gasteiger partial charge on any atom is 0.328 e. The summed E-state index contributed by atoms with van der Waals surface area (Å²) in [6, 6.07) is 1.27. The second kappa shape index (κ2) is 4.18. The van der Waals surface area contributed by atoms with Crippen LogP contribution in [-0.2, 0) is 16.1 Å². The summed E-state index contributed by atoms with van der Waals surface area (Å²) in [7, 11) is 1.33. The minimum absolute atomic E-state index is 0.102. The van der Waals surface area contributed by atoms with Crippen LogP contribution in [0.4, 0.5) is 0 Å². The molecule has 1 amide bonds. The van der Waals surface area contributed by atoms with E-state index in [1.165, 1.54) is 23.3 Å². The smallest absolute Gasteiger partial charge is 0.328 e. The Labute approximate surface area is 105 Å². The van der Waals surface area contributed by atoms with Crippen LogP contribution in [0.25, 0.3) is 0 Å². The van der Waals surface area contributed by atoms with Crippen LogP contribution < -0.4 is 0 Å². The van der Waals surface area contributed by atoms with Crippen LogP contribution in [0.2, 0.25) is 0 Å². The molecule has 0 fully saturated rings. The Hall–Kier alpha value is -0.880. The first kappa shape index (κ1) is 11.6. The molecule has 1 aromatic heterocycles. The highest BCUT2D eigenvalue weighted by Gasteiger charge is 2.35. The van der Waals surface area contributed by atoms with Gasteiger partial charge in [0, 0.05) is 4.88 Å². The zero-order valence-electron chi connectivity index (χ0n) is 8.82. The van der Waals surface area contributed by atoms with Crippen LogP contribution in [0.1, 0.15) is 22.2 Å². The molecular weight excluding hydrogens is 294 g/mol. The third-order valence-electron chi connectivity index (χ3n) is 2.59. The molecule has 0 unspecified atom stereocenters. The molecule has 16 heavy (non-hydrogen) atoms. The molecule has 4 nitrogen and oxygen atoms in total. The average Bonchev–Trinajstić information content (AvgIpc) is 2.75. The Balaban J connectivity index is 2.22. The Kier molecular flexibility index (Phi) is 3.03. The lowest BCUT2D eigenvalue weighted by Crippen LogP contribution is -2.39. The molecule has 6 heteroatoms. The summed E-state index contributed by atoms with van der Waals surface area (Å²) in [5.41, 5.74) is 0.688. The predicted molar refractivity (Wildman–Crippen MR) is 63.4 cm³/mol. The Bertz CT molecular complexity index is 457. The van der Waals surface area contributed by atoms with E-state index in [0.29, 0.717) is 12.1 Å². The minimum Gasteiger partial charge on any atom is -0.467 e. The molecule has 0 bridgehead atoms. The number of ether oxygens (including phenoxy) is 1. The summed E-state index contributed by atoms with van der Waals surface area (Å²) >= 11 is 4.86. The van der Waals surface area contributed by atoms with Crippen molar-refractivity contribution in [3.8, 4) is 0 Å². The molecule has 0 aromatic carbocycles. The van der Waals surface area contributed by atoms with E-state index in [-0.39, 0.29) is 11.9 Å². The topological polar surface area (TPSA) is 46.6 Å². The van der Waals surface area contributed by atoms with Gasteiger partial charge in [0.25, 0.3) is 5.91 Å². The van der Waals surface area contributed by atoms with Gasteiger partial charge < -0.3 is 9.64 Å². The molecule has 2 heterocycles. The van der Waals surface area contributed by atoms with E-state index >= 15 is 0 Å². The largest absolute Gasteiger partial charge is 0.467 e. The van der Waals surface area contributed by atoms with Crippen LogP contribution in [0, 0.1) is 0 Å². The zero-order valence-corrected chi connectivity index (χ0v) is 11.2. The molecule has 1 aliphatic heterocycles. The average molecular weight is 304 g/mol. The molecule has 86 valence electrons. The van der Waals surface area contributed by atoms with Crippen molar-refractivity contribution in [2.45, 2.75) is 19.5 Å². The zero-order chi connectivity index (χ0) is 11.9. The predicted octanol–water partition coefficient (Wildman–Crippen LogP) is 2.03. The van der Waals surface area contributed by atoms with Crippen molar-refractivity contribution >= 4 is 39.1 Å². The molecule has 0 saturated heterocycles. The van der Waals surface area contributed by atoms with Crippen molar-refractivity contribution in [2.75, 3.05) is 7.11 Å². The van der Waals surface area contributed by atoms with Gasteiger partial charge in [0.05, 0.1) is 23.0 Å². The number of hydrogen-bond donors (Lipinski definition) is 0. The van der Waals surface area contributed by atoms with E-state index in [9.17, 15) is 9.59 Å². The maximum atomic E-state index is 12.0. The van der Waals surface area contributed by atoms with Gasteiger partial charge in [-0.1, -0.05) is 0 Å². The number of fused-ring (bicyclic) bond motifs is 1. The van der Waals surface area contributed by atoms with Crippen molar-refractivity contribution in [2.24, 2.45) is 0 Å². The number of halogens is 1. The summed E-state index contributed by atoms with van der Waals surface area (Å²) in [6.45, 7) is 2.16. The fourth-order valence-electron chi connectivity index (χ4n) is 1.69. The summed E-state index contributed by atoms with van der Waals surface area (Å²) in [5, 5.41) is 0. The molecule has 0 radical (unpaired) electrons. The van der Waals surface area contributed by atoms with E-state index in [1.807, 2.05) is 0 Å². The molecule has 2 rings (SSSR count). The second-order valence-electron chi connectivity index (χ2n) is 3.52. The van der Waals surface area contributed by atoms with Gasteiger partial charge in [-0.05, 0) is 28.9 Å². The fraction of sp³-hybridized carbons (Fsp3) is 0.400. The number of nitrogens with zero attached hydrogens (tertiary/aromatic N) is 1. The molecule has 0 spiro atoms. The first-order valence-corrected chi connectivity index (χ1v) is 6.32. The maximum absolute atomic E-state index is 12.0. The van der Waals surface area contributed by atoms with Gasteiger partial charge in [-0.2, -0.15) is 0 Å². The lowest BCUT2D eigenvalue weighted by Gasteiger charge is -2.21. The number of esters is 1. The summed E-state index contributed by atoms with van der Waals surface area (Å²) in [4.78, 5) is 25.9. The molecule has 1 atom stereocenters. The van der Waals surface area contributed by atoms with Crippen LogP contribution in [0.15, 0.2) is 9.85 Å². The Morgan fingerprint density at radius 3 is 2.94 bits per heavy atom. The van der Waals surface area contributed by atoms with Crippen LogP contribution in [0.3, 0.4) is 0 Å². The van der Waals surface area contributed by atoms with E-state index in [1.54, 1.807) is 13.0 Å². The van der Waals surface area contributed by atoms with Gasteiger partial charge in [0.2, 0.25) is 0 Å². The number of rotatable bonds is 2. The normalized spacial score (nSPS) is 16.2. The van der Waals surface area contributed by atoms with Crippen molar-refractivity contribution in [1.29, 1.82) is 0 Å². The van der Waals surface area contributed by atoms with Gasteiger partial charge in [0.15, 0.2) is 0 Å². The van der Waals surface area contributed by atoms with Crippen molar-refractivity contribution in [1.82, 2.24) is 4.90 Å². The van der Waals surface area contributed by atoms with Crippen molar-refractivity contribution in [3.63, 3.8) is 0 Å². The highest BCUT2D eigenvalue weighted by molar-refractivity contribution is 9.11. The van der Waals surface area contributed by atoms with E-state index < -0.39 is 6.04 Å². The monoisotopic (exact) mass is 303 g/mol. The van der Waals surface area contributed by atoms with Gasteiger partial charge in [-0.3, -0.25) is 4.79 Å². The van der Waals surface area contributed by atoms with Crippen LogP contribution in [0.5, 0.6) is 0 Å². The van der Waals surface area contributed by atoms with E-state index in [2.05, 4.69) is 20.7 Å². The Morgan fingerprint density at radius 2 is 2.38 bits per heavy atom. The number of thiophene rings is 1. The second-order valence-corrected chi connectivity index (χ2v) is 6.04. The van der Waals surface area contributed by atoms with Crippen molar-refractivity contribution in [3.05, 3.63) is 20.3 Å².